The Kier molecular flexibility index (Phi) is 2.05. The Morgan fingerprint density at radius 1 is 1.46 bits per heavy atom. The van der Waals surface area contributed by atoms with Crippen LogP contribution in [0.4, 0.5) is 0 Å². The molecule has 1 saturated carbocycles. The van der Waals surface area contributed by atoms with Crippen molar-refractivity contribution in [1.29, 1.82) is 0 Å². The predicted octanol–water partition coefficient (Wildman–Crippen LogP) is 2.96. The van der Waals surface area contributed by atoms with Crippen LogP contribution >= 0.6 is 0 Å². The number of fused-ring (bicyclic) bond motifs is 1. The van der Waals surface area contributed by atoms with E-state index in [0.29, 0.717) is 17.6 Å². The Labute approximate surface area is 80.2 Å². The fourth-order valence-corrected chi connectivity index (χ4v) is 2.89. The minimum atomic E-state index is 0.268. The highest BCUT2D eigenvalue weighted by Gasteiger charge is 2.45. The highest BCUT2D eigenvalue weighted by atomic mass is 16.1. The van der Waals surface area contributed by atoms with Crippen molar-refractivity contribution in [3.63, 3.8) is 0 Å². The SMILES string of the molecule is C[C@H]1CCC(=O)[C@H]2CC=CC[C@@]21C. The van der Waals surface area contributed by atoms with Crippen LogP contribution in [0.3, 0.4) is 0 Å². The number of carbonyl (C=O) groups is 1. The van der Waals surface area contributed by atoms with Gasteiger partial charge in [0.15, 0.2) is 0 Å². The highest BCUT2D eigenvalue weighted by Crippen LogP contribution is 2.49. The standard InChI is InChI=1S/C12H18O/c1-9-6-7-11(13)10-5-3-4-8-12(9,10)2/h3-4,9-10H,5-8H2,1-2H3/t9-,10+,12+/m0/s1. The molecule has 3 atom stereocenters. The van der Waals surface area contributed by atoms with Crippen LogP contribution in [0, 0.1) is 17.3 Å². The molecule has 0 heterocycles. The van der Waals surface area contributed by atoms with Crippen LogP contribution in [0.2, 0.25) is 0 Å². The lowest BCUT2D eigenvalue weighted by molar-refractivity contribution is -0.133. The van der Waals surface area contributed by atoms with Crippen molar-refractivity contribution in [2.45, 2.75) is 39.5 Å². The maximum Gasteiger partial charge on any atom is 0.136 e. The highest BCUT2D eigenvalue weighted by molar-refractivity contribution is 5.83. The van der Waals surface area contributed by atoms with Crippen molar-refractivity contribution in [2.75, 3.05) is 0 Å². The second-order valence-corrected chi connectivity index (χ2v) is 4.88. The second kappa shape index (κ2) is 2.97. The van der Waals surface area contributed by atoms with E-state index in [2.05, 4.69) is 26.0 Å². The van der Waals surface area contributed by atoms with Gasteiger partial charge in [-0.25, -0.2) is 0 Å². The number of ketones is 1. The Bertz CT molecular complexity index is 254. The summed E-state index contributed by atoms with van der Waals surface area (Å²) < 4.78 is 0. The molecule has 0 bridgehead atoms. The predicted molar refractivity (Wildman–Crippen MR) is 53.4 cm³/mol. The van der Waals surface area contributed by atoms with Crippen LogP contribution in [0.1, 0.15) is 39.5 Å². The summed E-state index contributed by atoms with van der Waals surface area (Å²) in [5.41, 5.74) is 0.268. The van der Waals surface area contributed by atoms with Crippen molar-refractivity contribution in [3.05, 3.63) is 12.2 Å². The molecule has 0 aromatic heterocycles. The normalized spacial score (nSPS) is 44.6. The zero-order valence-corrected chi connectivity index (χ0v) is 8.55. The first-order valence-electron chi connectivity index (χ1n) is 5.32. The zero-order valence-electron chi connectivity index (χ0n) is 8.55. The van der Waals surface area contributed by atoms with Crippen molar-refractivity contribution in [1.82, 2.24) is 0 Å². The average Bonchev–Trinajstić information content (AvgIpc) is 2.12. The van der Waals surface area contributed by atoms with Gasteiger partial charge in [-0.05, 0) is 30.6 Å². The van der Waals surface area contributed by atoms with Gasteiger partial charge in [0.1, 0.15) is 5.78 Å². The molecule has 2 rings (SSSR count). The van der Waals surface area contributed by atoms with Gasteiger partial charge in [-0.2, -0.15) is 0 Å². The molecule has 1 fully saturated rings. The molecule has 0 unspecified atom stereocenters. The van der Waals surface area contributed by atoms with Crippen molar-refractivity contribution in [3.8, 4) is 0 Å². The topological polar surface area (TPSA) is 17.1 Å². The number of hydrogen-bond donors (Lipinski definition) is 0. The van der Waals surface area contributed by atoms with Gasteiger partial charge in [-0.15, -0.1) is 0 Å². The lowest BCUT2D eigenvalue weighted by atomic mass is 9.57. The van der Waals surface area contributed by atoms with Gasteiger partial charge < -0.3 is 0 Å². The first-order valence-corrected chi connectivity index (χ1v) is 5.32. The van der Waals surface area contributed by atoms with E-state index < -0.39 is 0 Å². The number of Topliss-reactive ketones (excluding diaryl/α,β-unsaturated/α-hetero) is 1. The van der Waals surface area contributed by atoms with E-state index in [4.69, 9.17) is 0 Å². The Morgan fingerprint density at radius 2 is 2.23 bits per heavy atom. The molecule has 2 aliphatic carbocycles. The minimum Gasteiger partial charge on any atom is -0.299 e. The molecule has 13 heavy (non-hydrogen) atoms. The molecule has 0 aliphatic heterocycles. The smallest absolute Gasteiger partial charge is 0.136 e. The van der Waals surface area contributed by atoms with E-state index >= 15 is 0 Å². The average molecular weight is 178 g/mol. The van der Waals surface area contributed by atoms with Gasteiger partial charge in [0.05, 0.1) is 0 Å². The van der Waals surface area contributed by atoms with Crippen LogP contribution in [0.5, 0.6) is 0 Å². The first kappa shape index (κ1) is 8.98. The van der Waals surface area contributed by atoms with Crippen LogP contribution in [-0.2, 0) is 4.79 Å². The molecule has 0 aromatic carbocycles. The molecular weight excluding hydrogens is 160 g/mol. The Hall–Kier alpha value is -0.590. The summed E-state index contributed by atoms with van der Waals surface area (Å²) in [5, 5.41) is 0. The van der Waals surface area contributed by atoms with E-state index in [0.717, 1.165) is 25.7 Å². The third kappa shape index (κ3) is 1.25. The van der Waals surface area contributed by atoms with Gasteiger partial charge in [0.2, 0.25) is 0 Å². The fraction of sp³-hybridized carbons (Fsp3) is 0.750. The van der Waals surface area contributed by atoms with Crippen LogP contribution in [0.15, 0.2) is 12.2 Å². The van der Waals surface area contributed by atoms with Gasteiger partial charge in [-0.3, -0.25) is 4.79 Å². The summed E-state index contributed by atoms with van der Waals surface area (Å²) in [5.74, 6) is 1.53. The lowest BCUT2D eigenvalue weighted by Gasteiger charge is -2.46. The fourth-order valence-electron chi connectivity index (χ4n) is 2.89. The second-order valence-electron chi connectivity index (χ2n) is 4.88. The van der Waals surface area contributed by atoms with Gasteiger partial charge in [0, 0.05) is 12.3 Å². The van der Waals surface area contributed by atoms with Crippen molar-refractivity contribution < 1.29 is 4.79 Å². The Balaban J connectivity index is 2.31. The monoisotopic (exact) mass is 178 g/mol. The third-order valence-electron chi connectivity index (χ3n) is 4.23. The molecule has 1 nitrogen and oxygen atoms in total. The summed E-state index contributed by atoms with van der Waals surface area (Å²) in [4.78, 5) is 11.7. The van der Waals surface area contributed by atoms with E-state index in [9.17, 15) is 4.79 Å². The third-order valence-corrected chi connectivity index (χ3v) is 4.23. The molecule has 0 aromatic rings. The van der Waals surface area contributed by atoms with Crippen LogP contribution in [-0.4, -0.2) is 5.78 Å². The van der Waals surface area contributed by atoms with E-state index in [1.54, 1.807) is 0 Å². The van der Waals surface area contributed by atoms with Gasteiger partial charge in [0.25, 0.3) is 0 Å². The molecule has 0 radical (unpaired) electrons. The quantitative estimate of drug-likeness (QED) is 0.521. The summed E-state index contributed by atoms with van der Waals surface area (Å²) in [6, 6.07) is 0. The minimum absolute atomic E-state index is 0.268. The molecule has 72 valence electrons. The molecular formula is C12H18O. The molecule has 1 heteroatoms. The van der Waals surface area contributed by atoms with E-state index in [-0.39, 0.29) is 5.41 Å². The van der Waals surface area contributed by atoms with Crippen molar-refractivity contribution >= 4 is 5.78 Å². The van der Waals surface area contributed by atoms with E-state index in [1.807, 2.05) is 0 Å². The van der Waals surface area contributed by atoms with Gasteiger partial charge >= 0.3 is 0 Å². The van der Waals surface area contributed by atoms with Crippen LogP contribution in [0.25, 0.3) is 0 Å². The first-order chi connectivity index (χ1) is 6.14. The maximum atomic E-state index is 11.7. The largest absolute Gasteiger partial charge is 0.299 e. The van der Waals surface area contributed by atoms with Crippen LogP contribution < -0.4 is 0 Å². The summed E-state index contributed by atoms with van der Waals surface area (Å²) in [6.45, 7) is 4.60. The summed E-state index contributed by atoms with van der Waals surface area (Å²) in [6.07, 6.45) is 8.44. The number of allylic oxidation sites excluding steroid dienone is 2. The number of carbonyl (C=O) groups excluding carboxylic acids is 1. The lowest BCUT2D eigenvalue weighted by Crippen LogP contribution is -2.43. The zero-order chi connectivity index (χ0) is 9.47. The maximum absolute atomic E-state index is 11.7. The number of rotatable bonds is 0. The van der Waals surface area contributed by atoms with Gasteiger partial charge in [-0.1, -0.05) is 26.0 Å². The summed E-state index contributed by atoms with van der Waals surface area (Å²) in [7, 11) is 0. The van der Waals surface area contributed by atoms with E-state index in [1.165, 1.54) is 0 Å². The van der Waals surface area contributed by atoms with Crippen molar-refractivity contribution in [2.24, 2.45) is 17.3 Å². The molecule has 2 aliphatic rings. The molecule has 0 N–H and O–H groups in total. The molecule has 0 amide bonds. The molecule has 0 spiro atoms. The molecule has 0 saturated heterocycles. The Morgan fingerprint density at radius 3 is 2.92 bits per heavy atom. The summed E-state index contributed by atoms with van der Waals surface area (Å²) >= 11 is 0. The number of hydrogen-bond acceptors (Lipinski definition) is 1.